The summed E-state index contributed by atoms with van der Waals surface area (Å²) in [7, 11) is 0. The molecule has 104 valence electrons. The lowest BCUT2D eigenvalue weighted by Gasteiger charge is -2.36. The largest absolute Gasteiger partial charge is 0.370 e. The van der Waals surface area contributed by atoms with Crippen LogP contribution in [0, 0.1) is 5.82 Å². The zero-order chi connectivity index (χ0) is 14.0. The molecular formula is C13H14Cl2FNO2. The van der Waals surface area contributed by atoms with Crippen LogP contribution in [0.5, 0.6) is 0 Å². The fourth-order valence-corrected chi connectivity index (χ4v) is 2.46. The molecule has 6 heteroatoms. The fourth-order valence-electron chi connectivity index (χ4n) is 2.13. The Bertz CT molecular complexity index is 484. The second-order valence-electron chi connectivity index (χ2n) is 4.56. The quantitative estimate of drug-likeness (QED) is 0.786. The van der Waals surface area contributed by atoms with Crippen molar-refractivity contribution < 1.29 is 13.9 Å². The van der Waals surface area contributed by atoms with Gasteiger partial charge in [0.1, 0.15) is 5.82 Å². The molecule has 2 unspecified atom stereocenters. The van der Waals surface area contributed by atoms with E-state index in [4.69, 9.17) is 27.9 Å². The molecule has 1 aromatic rings. The van der Waals surface area contributed by atoms with Crippen LogP contribution in [-0.2, 0) is 4.74 Å². The highest BCUT2D eigenvalue weighted by molar-refractivity contribution is 6.30. The van der Waals surface area contributed by atoms with Gasteiger partial charge in [-0.3, -0.25) is 4.79 Å². The van der Waals surface area contributed by atoms with E-state index in [1.54, 1.807) is 4.90 Å². The first-order chi connectivity index (χ1) is 9.01. The Labute approximate surface area is 121 Å². The lowest BCUT2D eigenvalue weighted by atomic mass is 10.1. The molecule has 0 spiro atoms. The molecule has 2 rings (SSSR count). The van der Waals surface area contributed by atoms with Crippen LogP contribution in [0.25, 0.3) is 0 Å². The Kier molecular flexibility index (Phi) is 4.66. The van der Waals surface area contributed by atoms with Crippen LogP contribution in [0.3, 0.4) is 0 Å². The van der Waals surface area contributed by atoms with E-state index in [0.29, 0.717) is 19.0 Å². The minimum atomic E-state index is -0.612. The molecule has 0 N–H and O–H groups in total. The zero-order valence-corrected chi connectivity index (χ0v) is 11.9. The molecule has 2 atom stereocenters. The maximum atomic E-state index is 13.7. The summed E-state index contributed by atoms with van der Waals surface area (Å²) < 4.78 is 19.3. The molecule has 1 heterocycles. The number of morpholine rings is 1. The van der Waals surface area contributed by atoms with Gasteiger partial charge in [-0.1, -0.05) is 11.6 Å². The highest BCUT2D eigenvalue weighted by atomic mass is 35.5. The number of carbonyl (C=O) groups excluding carboxylic acids is 1. The molecule has 19 heavy (non-hydrogen) atoms. The fraction of sp³-hybridized carbons (Fsp3) is 0.462. The van der Waals surface area contributed by atoms with Gasteiger partial charge in [0.2, 0.25) is 0 Å². The number of carbonyl (C=O) groups is 1. The van der Waals surface area contributed by atoms with Crippen LogP contribution >= 0.6 is 23.2 Å². The summed E-state index contributed by atoms with van der Waals surface area (Å²) in [5.41, 5.74) is 0.0202. The van der Waals surface area contributed by atoms with Crippen LogP contribution in [0.1, 0.15) is 17.3 Å². The Morgan fingerprint density at radius 1 is 1.53 bits per heavy atom. The number of halogens is 3. The Morgan fingerprint density at radius 2 is 2.26 bits per heavy atom. The number of hydrogen-bond donors (Lipinski definition) is 0. The number of hydrogen-bond acceptors (Lipinski definition) is 2. The highest BCUT2D eigenvalue weighted by Gasteiger charge is 2.29. The average Bonchev–Trinajstić information content (AvgIpc) is 2.37. The third kappa shape index (κ3) is 3.38. The molecule has 0 saturated carbocycles. The van der Waals surface area contributed by atoms with E-state index in [9.17, 15) is 9.18 Å². The number of benzene rings is 1. The Hall–Kier alpha value is -0.840. The van der Waals surface area contributed by atoms with E-state index in [1.165, 1.54) is 12.1 Å². The Morgan fingerprint density at radius 3 is 2.89 bits per heavy atom. The van der Waals surface area contributed by atoms with Gasteiger partial charge in [0, 0.05) is 18.1 Å². The summed E-state index contributed by atoms with van der Waals surface area (Å²) >= 11 is 11.4. The zero-order valence-electron chi connectivity index (χ0n) is 10.4. The molecule has 3 nitrogen and oxygen atoms in total. The van der Waals surface area contributed by atoms with Gasteiger partial charge >= 0.3 is 0 Å². The van der Waals surface area contributed by atoms with Gasteiger partial charge in [-0.15, -0.1) is 11.6 Å². The molecule has 1 aliphatic heterocycles. The normalized spacial score (nSPS) is 23.5. The Balaban J connectivity index is 2.18. The third-order valence-corrected chi connectivity index (χ3v) is 3.53. The molecule has 0 bridgehead atoms. The van der Waals surface area contributed by atoms with E-state index >= 15 is 0 Å². The summed E-state index contributed by atoms with van der Waals surface area (Å²) in [6.07, 6.45) is -0.332. The first-order valence-corrected chi connectivity index (χ1v) is 6.88. The van der Waals surface area contributed by atoms with Crippen LogP contribution in [0.2, 0.25) is 5.02 Å². The van der Waals surface area contributed by atoms with Crippen molar-refractivity contribution in [1.29, 1.82) is 0 Å². The lowest BCUT2D eigenvalue weighted by molar-refractivity contribution is -0.0571. The summed E-state index contributed by atoms with van der Waals surface area (Å²) in [5.74, 6) is -0.671. The van der Waals surface area contributed by atoms with Crippen LogP contribution in [0.4, 0.5) is 4.39 Å². The molecule has 1 aliphatic rings. The molecular weight excluding hydrogens is 292 g/mol. The molecule has 1 saturated heterocycles. The predicted molar refractivity (Wildman–Crippen MR) is 72.4 cm³/mol. The summed E-state index contributed by atoms with van der Waals surface area (Å²) in [6.45, 7) is 2.65. The van der Waals surface area contributed by atoms with Crippen LogP contribution in [-0.4, -0.2) is 42.0 Å². The van der Waals surface area contributed by atoms with Crippen molar-refractivity contribution in [3.63, 3.8) is 0 Å². The number of amides is 1. The summed E-state index contributed by atoms with van der Waals surface area (Å²) in [5, 5.41) is 0.267. The standard InChI is InChI=1S/C13H14Cl2FNO2/c1-8-6-17(7-10(5-14)19-8)13(18)11-3-2-9(15)4-12(11)16/h2-4,8,10H,5-7H2,1H3. The van der Waals surface area contributed by atoms with Crippen LogP contribution in [0.15, 0.2) is 18.2 Å². The minimum absolute atomic E-state index is 0.0202. The van der Waals surface area contributed by atoms with E-state index < -0.39 is 5.82 Å². The van der Waals surface area contributed by atoms with Crippen molar-refractivity contribution in [3.05, 3.63) is 34.6 Å². The number of alkyl halides is 1. The van der Waals surface area contributed by atoms with Gasteiger partial charge in [-0.25, -0.2) is 4.39 Å². The molecule has 1 aromatic carbocycles. The minimum Gasteiger partial charge on any atom is -0.370 e. The highest BCUT2D eigenvalue weighted by Crippen LogP contribution is 2.19. The van der Waals surface area contributed by atoms with Crippen molar-refractivity contribution in [2.75, 3.05) is 19.0 Å². The smallest absolute Gasteiger partial charge is 0.257 e. The molecule has 0 aliphatic carbocycles. The van der Waals surface area contributed by atoms with Gasteiger partial charge in [0.25, 0.3) is 5.91 Å². The second-order valence-corrected chi connectivity index (χ2v) is 5.30. The van der Waals surface area contributed by atoms with E-state index in [0.717, 1.165) is 6.07 Å². The van der Waals surface area contributed by atoms with Gasteiger partial charge in [0.15, 0.2) is 0 Å². The van der Waals surface area contributed by atoms with Crippen molar-refractivity contribution in [1.82, 2.24) is 4.90 Å². The maximum absolute atomic E-state index is 13.7. The number of rotatable bonds is 2. The SMILES string of the molecule is CC1CN(C(=O)c2ccc(Cl)cc2F)CC(CCl)O1. The van der Waals surface area contributed by atoms with Gasteiger partial charge in [-0.05, 0) is 25.1 Å². The van der Waals surface area contributed by atoms with Crippen molar-refractivity contribution >= 4 is 29.1 Å². The van der Waals surface area contributed by atoms with Crippen LogP contribution < -0.4 is 0 Å². The molecule has 0 aromatic heterocycles. The predicted octanol–water partition coefficient (Wildman–Crippen LogP) is 2.95. The first kappa shape index (κ1) is 14.6. The maximum Gasteiger partial charge on any atom is 0.257 e. The third-order valence-electron chi connectivity index (χ3n) is 2.95. The van der Waals surface area contributed by atoms with Gasteiger partial charge < -0.3 is 9.64 Å². The van der Waals surface area contributed by atoms with E-state index in [1.807, 2.05) is 6.92 Å². The molecule has 1 fully saturated rings. The summed E-state index contributed by atoms with van der Waals surface area (Å²) in [6, 6.07) is 4.04. The molecule has 1 amide bonds. The van der Waals surface area contributed by atoms with E-state index in [-0.39, 0.29) is 28.7 Å². The number of nitrogens with zero attached hydrogens (tertiary/aromatic N) is 1. The van der Waals surface area contributed by atoms with Crippen molar-refractivity contribution in [3.8, 4) is 0 Å². The van der Waals surface area contributed by atoms with Gasteiger partial charge in [-0.2, -0.15) is 0 Å². The topological polar surface area (TPSA) is 29.5 Å². The average molecular weight is 306 g/mol. The second kappa shape index (κ2) is 6.07. The van der Waals surface area contributed by atoms with E-state index in [2.05, 4.69) is 0 Å². The lowest BCUT2D eigenvalue weighted by Crippen LogP contribution is -2.49. The van der Waals surface area contributed by atoms with Crippen molar-refractivity contribution in [2.45, 2.75) is 19.1 Å². The first-order valence-electron chi connectivity index (χ1n) is 5.97. The monoisotopic (exact) mass is 305 g/mol. The molecule has 0 radical (unpaired) electrons. The van der Waals surface area contributed by atoms with Crippen molar-refractivity contribution in [2.24, 2.45) is 0 Å². The van der Waals surface area contributed by atoms with Gasteiger partial charge in [0.05, 0.1) is 23.7 Å². The summed E-state index contributed by atoms with van der Waals surface area (Å²) in [4.78, 5) is 13.8. The number of ether oxygens (including phenoxy) is 1.